The van der Waals surface area contributed by atoms with E-state index in [2.05, 4.69) is 4.98 Å². The predicted octanol–water partition coefficient (Wildman–Crippen LogP) is 0.558. The molecule has 148 valence electrons. The Morgan fingerprint density at radius 3 is 2.34 bits per heavy atom. The average Bonchev–Trinajstić information content (AvgIpc) is 2.95. The van der Waals surface area contributed by atoms with Crippen LogP contribution in [0.1, 0.15) is 12.8 Å². The molecule has 1 aromatic carbocycles. The highest BCUT2D eigenvalue weighted by atomic mass is 16.2. The predicted molar refractivity (Wildman–Crippen MR) is 104 cm³/mol. The van der Waals surface area contributed by atoms with Crippen molar-refractivity contribution in [3.05, 3.63) is 53.1 Å². The van der Waals surface area contributed by atoms with Gasteiger partial charge < -0.3 is 4.90 Å². The third-order valence-electron chi connectivity index (χ3n) is 6.16. The van der Waals surface area contributed by atoms with Crippen molar-refractivity contribution < 1.29 is 14.4 Å². The monoisotopic (exact) mass is 392 g/mol. The van der Waals surface area contributed by atoms with Gasteiger partial charge in [-0.2, -0.15) is 0 Å². The molecule has 5 rings (SSSR count). The number of aromatic nitrogens is 2. The molecule has 2 fully saturated rings. The summed E-state index contributed by atoms with van der Waals surface area (Å²) in [5.41, 5.74) is 0.328. The number of likely N-dealkylation sites (tertiary alicyclic amines) is 2. The Morgan fingerprint density at radius 2 is 1.66 bits per heavy atom. The zero-order chi connectivity index (χ0) is 20.1. The van der Waals surface area contributed by atoms with Crippen LogP contribution in [0.3, 0.4) is 0 Å². The first-order valence-corrected chi connectivity index (χ1v) is 9.78. The van der Waals surface area contributed by atoms with Crippen LogP contribution in [-0.2, 0) is 20.9 Å². The Kier molecular flexibility index (Phi) is 4.08. The summed E-state index contributed by atoms with van der Waals surface area (Å²) in [6.45, 7) is 0.526. The molecule has 29 heavy (non-hydrogen) atoms. The smallest absolute Gasteiger partial charge is 0.261 e. The Hall–Kier alpha value is -3.29. The van der Waals surface area contributed by atoms with Gasteiger partial charge in [-0.1, -0.05) is 24.3 Å². The number of imide groups is 1. The van der Waals surface area contributed by atoms with Gasteiger partial charge >= 0.3 is 0 Å². The van der Waals surface area contributed by atoms with Gasteiger partial charge in [-0.3, -0.25) is 28.6 Å². The maximum absolute atomic E-state index is 12.6. The fourth-order valence-corrected chi connectivity index (χ4v) is 4.47. The van der Waals surface area contributed by atoms with Gasteiger partial charge in [0.25, 0.3) is 5.56 Å². The van der Waals surface area contributed by atoms with Gasteiger partial charge in [-0.25, -0.2) is 4.98 Å². The molecule has 1 aromatic heterocycles. The van der Waals surface area contributed by atoms with Crippen molar-refractivity contribution in [2.45, 2.75) is 25.4 Å². The van der Waals surface area contributed by atoms with Gasteiger partial charge in [0.15, 0.2) is 0 Å². The fourth-order valence-electron chi connectivity index (χ4n) is 4.47. The summed E-state index contributed by atoms with van der Waals surface area (Å²) in [7, 11) is 0. The highest BCUT2D eigenvalue weighted by Gasteiger charge is 2.52. The fraction of sp³-hybridized carbons (Fsp3) is 0.381. The van der Waals surface area contributed by atoms with Gasteiger partial charge in [0.2, 0.25) is 17.7 Å². The van der Waals surface area contributed by atoms with Gasteiger partial charge in [-0.15, -0.1) is 0 Å². The van der Waals surface area contributed by atoms with E-state index in [0.717, 1.165) is 0 Å². The maximum Gasteiger partial charge on any atom is 0.261 e. The molecular formula is C21H20N4O4. The lowest BCUT2D eigenvalue weighted by molar-refractivity contribution is -0.153. The quantitative estimate of drug-likeness (QED) is 0.562. The van der Waals surface area contributed by atoms with Crippen molar-refractivity contribution >= 4 is 28.6 Å². The molecule has 3 aliphatic rings. The summed E-state index contributed by atoms with van der Waals surface area (Å²) in [6, 6.07) is 6.73. The van der Waals surface area contributed by atoms with E-state index in [1.807, 2.05) is 12.2 Å². The van der Waals surface area contributed by atoms with E-state index in [9.17, 15) is 19.2 Å². The Bertz CT molecular complexity index is 1090. The van der Waals surface area contributed by atoms with Gasteiger partial charge in [0, 0.05) is 13.1 Å². The number of benzene rings is 1. The molecule has 2 aromatic rings. The van der Waals surface area contributed by atoms with Crippen molar-refractivity contribution in [2.75, 3.05) is 13.1 Å². The molecule has 0 N–H and O–H groups in total. The molecule has 2 atom stereocenters. The van der Waals surface area contributed by atoms with Crippen LogP contribution >= 0.6 is 0 Å². The number of rotatable bonds is 3. The first kappa shape index (κ1) is 17.8. The van der Waals surface area contributed by atoms with E-state index in [1.165, 1.54) is 15.8 Å². The molecule has 2 aliphatic heterocycles. The highest BCUT2D eigenvalue weighted by Crippen LogP contribution is 2.37. The summed E-state index contributed by atoms with van der Waals surface area (Å²) in [5, 5.41) is 0.466. The molecular weight excluding hydrogens is 372 g/mol. The number of amides is 3. The first-order valence-electron chi connectivity index (χ1n) is 9.78. The van der Waals surface area contributed by atoms with E-state index < -0.39 is 0 Å². The average molecular weight is 392 g/mol. The second kappa shape index (κ2) is 6.65. The third kappa shape index (κ3) is 2.78. The second-order valence-electron chi connectivity index (χ2n) is 7.85. The van der Waals surface area contributed by atoms with Crippen molar-refractivity contribution in [1.29, 1.82) is 0 Å². The number of para-hydroxylation sites is 1. The summed E-state index contributed by atoms with van der Waals surface area (Å²) in [5.74, 6) is -0.953. The lowest BCUT2D eigenvalue weighted by Crippen LogP contribution is -2.63. The Morgan fingerprint density at radius 1 is 1.00 bits per heavy atom. The summed E-state index contributed by atoms with van der Waals surface area (Å²) in [6.07, 6.45) is 6.52. The molecule has 3 heterocycles. The minimum Gasteiger partial charge on any atom is -0.337 e. The van der Waals surface area contributed by atoms with Crippen LogP contribution in [0.15, 0.2) is 47.5 Å². The van der Waals surface area contributed by atoms with Gasteiger partial charge in [-0.05, 0) is 25.0 Å². The molecule has 3 amide bonds. The van der Waals surface area contributed by atoms with Crippen molar-refractivity contribution in [2.24, 2.45) is 11.8 Å². The van der Waals surface area contributed by atoms with Crippen molar-refractivity contribution in [3.63, 3.8) is 0 Å². The number of hydrogen-bond donors (Lipinski definition) is 0. The van der Waals surface area contributed by atoms with Crippen molar-refractivity contribution in [1.82, 2.24) is 19.4 Å². The molecule has 0 spiro atoms. The summed E-state index contributed by atoms with van der Waals surface area (Å²) in [4.78, 5) is 57.6. The van der Waals surface area contributed by atoms with E-state index in [-0.39, 0.29) is 47.7 Å². The molecule has 2 saturated heterocycles. The zero-order valence-corrected chi connectivity index (χ0v) is 15.7. The van der Waals surface area contributed by atoms with Gasteiger partial charge in [0.1, 0.15) is 6.54 Å². The molecule has 0 radical (unpaired) electrons. The SMILES string of the molecule is O=C(Cn1cnc2ccccc2c1=O)N1CC(N2C(=O)[C@H]3CC=CC[C@H]3C2=O)C1. The van der Waals surface area contributed by atoms with Crippen LogP contribution in [0.5, 0.6) is 0 Å². The van der Waals surface area contributed by atoms with Crippen molar-refractivity contribution in [3.8, 4) is 0 Å². The lowest BCUT2D eigenvalue weighted by Gasteiger charge is -2.43. The number of carbonyl (C=O) groups excluding carboxylic acids is 3. The zero-order valence-electron chi connectivity index (χ0n) is 15.7. The molecule has 1 aliphatic carbocycles. The largest absolute Gasteiger partial charge is 0.337 e. The molecule has 8 nitrogen and oxygen atoms in total. The second-order valence-corrected chi connectivity index (χ2v) is 7.85. The maximum atomic E-state index is 12.6. The molecule has 0 saturated carbocycles. The van der Waals surface area contributed by atoms with Crippen LogP contribution in [-0.4, -0.2) is 56.2 Å². The van der Waals surface area contributed by atoms with Crippen LogP contribution in [0.25, 0.3) is 10.9 Å². The molecule has 8 heteroatoms. The number of carbonyl (C=O) groups is 3. The van der Waals surface area contributed by atoms with Crippen LogP contribution < -0.4 is 5.56 Å². The Balaban J connectivity index is 1.25. The standard InChI is InChI=1S/C21H20N4O4/c26-18(11-24-12-22-17-8-4-3-7-16(17)19(24)27)23-9-13(10-23)25-20(28)14-5-1-2-6-15(14)21(25)29/h1-4,7-8,12-15H,5-6,9-11H2/t14-,15+. The van der Waals surface area contributed by atoms with Crippen LogP contribution in [0, 0.1) is 11.8 Å². The minimum atomic E-state index is -0.268. The number of nitrogens with zero attached hydrogens (tertiary/aromatic N) is 4. The number of allylic oxidation sites excluding steroid dienone is 2. The Labute approximate surface area is 166 Å². The van der Waals surface area contributed by atoms with Gasteiger partial charge in [0.05, 0.1) is 35.1 Å². The number of hydrogen-bond acceptors (Lipinski definition) is 5. The van der Waals surface area contributed by atoms with E-state index in [4.69, 9.17) is 0 Å². The lowest BCUT2D eigenvalue weighted by atomic mass is 9.85. The van der Waals surface area contributed by atoms with E-state index in [0.29, 0.717) is 36.8 Å². The van der Waals surface area contributed by atoms with Crippen LogP contribution in [0.2, 0.25) is 0 Å². The summed E-state index contributed by atoms with van der Waals surface area (Å²) < 4.78 is 1.30. The van der Waals surface area contributed by atoms with E-state index in [1.54, 1.807) is 29.2 Å². The third-order valence-corrected chi connectivity index (χ3v) is 6.16. The summed E-state index contributed by atoms with van der Waals surface area (Å²) >= 11 is 0. The normalized spacial score (nSPS) is 24.1. The topological polar surface area (TPSA) is 92.6 Å². The minimum absolute atomic E-state index is 0.111. The first-order chi connectivity index (χ1) is 14.0. The van der Waals surface area contributed by atoms with Crippen LogP contribution in [0.4, 0.5) is 0 Å². The van der Waals surface area contributed by atoms with E-state index >= 15 is 0 Å². The molecule has 0 bridgehead atoms. The highest BCUT2D eigenvalue weighted by molar-refractivity contribution is 6.06. The number of fused-ring (bicyclic) bond motifs is 2. The molecule has 0 unspecified atom stereocenters.